The monoisotopic (exact) mass is 675 g/mol. The first-order valence-corrected chi connectivity index (χ1v) is 18.4. The van der Waals surface area contributed by atoms with Gasteiger partial charge in [0.15, 0.2) is 0 Å². The minimum absolute atomic E-state index is 0.270. The topological polar surface area (TPSA) is 3.24 Å². The molecule has 1 aliphatic carbocycles. The molecule has 0 spiro atoms. The third-order valence-electron chi connectivity index (χ3n) is 11.3. The standard InChI is InChI=1S/C52H37N/c1-52(40-19-3-2-4-20-40)48-26-11-9-23-47(48)51-46(25-14-27-49(51)52)45-22-10-12-28-50(45)53(42-34-29-36-15-5-6-17-39(36)35-42)41-32-30-38(31-33-41)44-24-13-18-37-16-7-8-21-43(37)44/h2-35H,1H3. The first-order chi connectivity index (χ1) is 26.2. The lowest BCUT2D eigenvalue weighted by Gasteiger charge is -2.30. The maximum Gasteiger partial charge on any atom is 0.0540 e. The Morgan fingerprint density at radius 2 is 0.962 bits per heavy atom. The molecule has 53 heavy (non-hydrogen) atoms. The van der Waals surface area contributed by atoms with E-state index in [4.69, 9.17) is 0 Å². The molecule has 0 N–H and O–H groups in total. The van der Waals surface area contributed by atoms with Crippen LogP contribution in [0, 0.1) is 0 Å². The number of hydrogen-bond donors (Lipinski definition) is 0. The summed E-state index contributed by atoms with van der Waals surface area (Å²) in [6, 6.07) is 75.5. The Morgan fingerprint density at radius 3 is 1.81 bits per heavy atom. The van der Waals surface area contributed by atoms with Gasteiger partial charge in [0.05, 0.1) is 5.69 Å². The van der Waals surface area contributed by atoms with Crippen LogP contribution in [0.3, 0.4) is 0 Å². The van der Waals surface area contributed by atoms with Gasteiger partial charge < -0.3 is 4.90 Å². The molecule has 0 bridgehead atoms. The van der Waals surface area contributed by atoms with Crippen molar-refractivity contribution in [2.45, 2.75) is 12.3 Å². The summed E-state index contributed by atoms with van der Waals surface area (Å²) in [5.41, 5.74) is 14.6. The maximum atomic E-state index is 2.44. The Morgan fingerprint density at radius 1 is 0.377 bits per heavy atom. The highest BCUT2D eigenvalue weighted by atomic mass is 15.1. The first-order valence-electron chi connectivity index (χ1n) is 18.4. The van der Waals surface area contributed by atoms with Crippen molar-refractivity contribution in [2.24, 2.45) is 0 Å². The second-order valence-corrected chi connectivity index (χ2v) is 14.2. The minimum atomic E-state index is -0.270. The quantitative estimate of drug-likeness (QED) is 0.170. The number of nitrogens with zero attached hydrogens (tertiary/aromatic N) is 1. The van der Waals surface area contributed by atoms with Crippen LogP contribution < -0.4 is 4.90 Å². The van der Waals surface area contributed by atoms with Gasteiger partial charge in [-0.1, -0.05) is 176 Å². The van der Waals surface area contributed by atoms with Gasteiger partial charge in [0.25, 0.3) is 0 Å². The van der Waals surface area contributed by atoms with Crippen molar-refractivity contribution in [3.05, 3.63) is 223 Å². The summed E-state index contributed by atoms with van der Waals surface area (Å²) in [7, 11) is 0. The number of benzene rings is 9. The molecule has 1 atom stereocenters. The highest BCUT2D eigenvalue weighted by molar-refractivity contribution is 6.00. The van der Waals surface area contributed by atoms with Crippen molar-refractivity contribution in [3.8, 4) is 33.4 Å². The molecule has 1 nitrogen and oxygen atoms in total. The molecule has 1 aliphatic rings. The summed E-state index contributed by atoms with van der Waals surface area (Å²) < 4.78 is 0. The highest BCUT2D eigenvalue weighted by Gasteiger charge is 2.41. The molecule has 250 valence electrons. The second-order valence-electron chi connectivity index (χ2n) is 14.2. The molecule has 0 aliphatic heterocycles. The van der Waals surface area contributed by atoms with E-state index in [0.717, 1.165) is 17.1 Å². The predicted molar refractivity (Wildman–Crippen MR) is 224 cm³/mol. The fourth-order valence-corrected chi connectivity index (χ4v) is 8.75. The first kappa shape index (κ1) is 31.1. The fraction of sp³-hybridized carbons (Fsp3) is 0.0385. The fourth-order valence-electron chi connectivity index (χ4n) is 8.75. The summed E-state index contributed by atoms with van der Waals surface area (Å²) >= 11 is 0. The molecule has 10 rings (SSSR count). The molecule has 0 saturated carbocycles. The Bertz CT molecular complexity index is 2790. The normalized spacial score (nSPS) is 14.6. The molecule has 1 unspecified atom stereocenters. The molecule has 0 radical (unpaired) electrons. The number of hydrogen-bond acceptors (Lipinski definition) is 1. The third kappa shape index (κ3) is 5.00. The van der Waals surface area contributed by atoms with Crippen LogP contribution in [-0.2, 0) is 5.41 Å². The summed E-state index contributed by atoms with van der Waals surface area (Å²) in [4.78, 5) is 2.44. The van der Waals surface area contributed by atoms with Gasteiger partial charge in [-0.2, -0.15) is 0 Å². The average molecular weight is 676 g/mol. The minimum Gasteiger partial charge on any atom is -0.310 e. The van der Waals surface area contributed by atoms with E-state index in [1.54, 1.807) is 0 Å². The summed E-state index contributed by atoms with van der Waals surface area (Å²) in [6.07, 6.45) is 0. The van der Waals surface area contributed by atoms with E-state index in [9.17, 15) is 0 Å². The number of para-hydroxylation sites is 1. The van der Waals surface area contributed by atoms with E-state index in [-0.39, 0.29) is 5.41 Å². The van der Waals surface area contributed by atoms with Crippen LogP contribution in [0.2, 0.25) is 0 Å². The number of rotatable bonds is 6. The Labute approximate surface area is 311 Å². The summed E-state index contributed by atoms with van der Waals surface area (Å²) in [5.74, 6) is 0. The molecule has 0 saturated heterocycles. The average Bonchev–Trinajstić information content (AvgIpc) is 3.50. The zero-order valence-electron chi connectivity index (χ0n) is 29.6. The largest absolute Gasteiger partial charge is 0.310 e. The van der Waals surface area contributed by atoms with Crippen molar-refractivity contribution in [2.75, 3.05) is 4.90 Å². The van der Waals surface area contributed by atoms with Gasteiger partial charge in [-0.05, 0) is 103 Å². The molecule has 1 heteroatoms. The summed E-state index contributed by atoms with van der Waals surface area (Å²) in [5, 5.41) is 4.96. The molecule has 0 heterocycles. The molecular formula is C52H37N. The lowest BCUT2D eigenvalue weighted by Crippen LogP contribution is -2.22. The smallest absolute Gasteiger partial charge is 0.0540 e. The molecule has 9 aromatic rings. The van der Waals surface area contributed by atoms with Gasteiger partial charge in [0.1, 0.15) is 0 Å². The number of fused-ring (bicyclic) bond motifs is 5. The van der Waals surface area contributed by atoms with E-state index in [0.29, 0.717) is 0 Å². The third-order valence-corrected chi connectivity index (χ3v) is 11.3. The molecule has 9 aromatic carbocycles. The maximum absolute atomic E-state index is 2.44. The predicted octanol–water partition coefficient (Wildman–Crippen LogP) is 14.1. The lowest BCUT2D eigenvalue weighted by molar-refractivity contribution is 0.714. The zero-order chi connectivity index (χ0) is 35.4. The van der Waals surface area contributed by atoms with E-state index < -0.39 is 0 Å². The van der Waals surface area contributed by atoms with Crippen molar-refractivity contribution in [3.63, 3.8) is 0 Å². The van der Waals surface area contributed by atoms with Gasteiger partial charge in [0, 0.05) is 22.4 Å². The van der Waals surface area contributed by atoms with Crippen LogP contribution in [0.4, 0.5) is 17.1 Å². The highest BCUT2D eigenvalue weighted by Crippen LogP contribution is 2.56. The van der Waals surface area contributed by atoms with Gasteiger partial charge in [0.2, 0.25) is 0 Å². The van der Waals surface area contributed by atoms with Crippen LogP contribution in [0.15, 0.2) is 206 Å². The molecule has 0 amide bonds. The SMILES string of the molecule is CC1(c2ccccc2)c2ccccc2-c2c(-c3ccccc3N(c3ccc(-c4cccc5ccccc45)cc3)c3ccc4ccccc4c3)cccc21. The van der Waals surface area contributed by atoms with Gasteiger partial charge in [-0.25, -0.2) is 0 Å². The van der Waals surface area contributed by atoms with Crippen molar-refractivity contribution in [1.29, 1.82) is 0 Å². The molecule has 0 aromatic heterocycles. The van der Waals surface area contributed by atoms with Crippen LogP contribution in [0.5, 0.6) is 0 Å². The van der Waals surface area contributed by atoms with Crippen molar-refractivity contribution >= 4 is 38.6 Å². The van der Waals surface area contributed by atoms with E-state index in [2.05, 4.69) is 218 Å². The van der Waals surface area contributed by atoms with E-state index in [1.807, 2.05) is 0 Å². The Kier molecular flexibility index (Phi) is 7.33. The number of anilines is 3. The lowest BCUT2D eigenvalue weighted by atomic mass is 9.74. The van der Waals surface area contributed by atoms with Gasteiger partial charge in [-0.15, -0.1) is 0 Å². The van der Waals surface area contributed by atoms with Crippen LogP contribution in [-0.4, -0.2) is 0 Å². The molecule has 0 fully saturated rings. The summed E-state index contributed by atoms with van der Waals surface area (Å²) in [6.45, 7) is 2.39. The van der Waals surface area contributed by atoms with Crippen LogP contribution in [0.25, 0.3) is 54.9 Å². The van der Waals surface area contributed by atoms with Crippen LogP contribution >= 0.6 is 0 Å². The second kappa shape index (κ2) is 12.5. The van der Waals surface area contributed by atoms with Crippen LogP contribution in [0.1, 0.15) is 23.6 Å². The van der Waals surface area contributed by atoms with Gasteiger partial charge >= 0.3 is 0 Å². The van der Waals surface area contributed by atoms with Crippen molar-refractivity contribution in [1.82, 2.24) is 0 Å². The Balaban J connectivity index is 1.18. The zero-order valence-corrected chi connectivity index (χ0v) is 29.6. The Hall–Kier alpha value is -6.70. The van der Waals surface area contributed by atoms with Crippen molar-refractivity contribution < 1.29 is 0 Å². The molecular weight excluding hydrogens is 639 g/mol. The van der Waals surface area contributed by atoms with E-state index >= 15 is 0 Å². The van der Waals surface area contributed by atoms with Gasteiger partial charge in [-0.3, -0.25) is 0 Å². The van der Waals surface area contributed by atoms with E-state index in [1.165, 1.54) is 71.6 Å².